The van der Waals surface area contributed by atoms with Gasteiger partial charge in [-0.1, -0.05) is 12.7 Å². The number of nitrogens with zero attached hydrogens (tertiary/aromatic N) is 1. The predicted molar refractivity (Wildman–Crippen MR) is 55.1 cm³/mol. The van der Waals surface area contributed by atoms with Crippen LogP contribution in [-0.2, 0) is 14.3 Å². The molecule has 0 aromatic rings. The summed E-state index contributed by atoms with van der Waals surface area (Å²) in [5, 5.41) is 8.60. The Balaban J connectivity index is 2.40. The molecule has 0 saturated carbocycles. The zero-order chi connectivity index (χ0) is 12.0. The van der Waals surface area contributed by atoms with E-state index >= 15 is 0 Å². The first-order chi connectivity index (χ1) is 7.63. The monoisotopic (exact) mass is 229 g/mol. The van der Waals surface area contributed by atoms with Gasteiger partial charge >= 0.3 is 12.1 Å². The largest absolute Gasteiger partial charge is 0.481 e. The van der Waals surface area contributed by atoms with E-state index in [1.165, 1.54) is 11.0 Å². The number of aliphatic carboxylic acids is 1. The average Bonchev–Trinajstić information content (AvgIpc) is 2.25. The van der Waals surface area contributed by atoms with E-state index in [4.69, 9.17) is 14.6 Å². The Kier molecular flexibility index (Phi) is 4.78. The van der Waals surface area contributed by atoms with Crippen molar-refractivity contribution >= 4 is 12.1 Å². The number of hydrogen-bond acceptors (Lipinski definition) is 4. The molecule has 1 aliphatic rings. The van der Waals surface area contributed by atoms with Crippen LogP contribution in [0, 0.1) is 0 Å². The van der Waals surface area contributed by atoms with Crippen LogP contribution in [-0.4, -0.2) is 54.5 Å². The van der Waals surface area contributed by atoms with E-state index in [-0.39, 0.29) is 19.6 Å². The van der Waals surface area contributed by atoms with E-state index in [1.807, 2.05) is 0 Å². The SMILES string of the molecule is C=CCOC(=O)N1CCOC(CC(=O)O)C1. The maximum absolute atomic E-state index is 11.4. The van der Waals surface area contributed by atoms with Gasteiger partial charge in [-0.15, -0.1) is 0 Å². The molecule has 1 aliphatic heterocycles. The zero-order valence-electron chi connectivity index (χ0n) is 8.92. The Morgan fingerprint density at radius 3 is 3.00 bits per heavy atom. The highest BCUT2D eigenvalue weighted by Gasteiger charge is 2.26. The summed E-state index contributed by atoms with van der Waals surface area (Å²) in [7, 11) is 0. The standard InChI is InChI=1S/C10H15NO5/c1-2-4-16-10(14)11-3-5-15-8(7-11)6-9(12)13/h2,8H,1,3-7H2,(H,12,13). The average molecular weight is 229 g/mol. The molecule has 1 N–H and O–H groups in total. The molecule has 1 unspecified atom stereocenters. The van der Waals surface area contributed by atoms with Gasteiger partial charge in [-0.25, -0.2) is 4.79 Å². The van der Waals surface area contributed by atoms with Gasteiger partial charge in [-0.2, -0.15) is 0 Å². The first-order valence-electron chi connectivity index (χ1n) is 4.99. The summed E-state index contributed by atoms with van der Waals surface area (Å²) < 4.78 is 10.1. The summed E-state index contributed by atoms with van der Waals surface area (Å²) in [5.41, 5.74) is 0. The Morgan fingerprint density at radius 1 is 1.62 bits per heavy atom. The van der Waals surface area contributed by atoms with E-state index in [9.17, 15) is 9.59 Å². The van der Waals surface area contributed by atoms with Gasteiger partial charge in [0.25, 0.3) is 0 Å². The van der Waals surface area contributed by atoms with Crippen molar-refractivity contribution in [2.75, 3.05) is 26.3 Å². The summed E-state index contributed by atoms with van der Waals surface area (Å²) in [6.07, 6.45) is 0.458. The maximum atomic E-state index is 11.4. The number of amides is 1. The van der Waals surface area contributed by atoms with Gasteiger partial charge in [-0.3, -0.25) is 4.79 Å². The van der Waals surface area contributed by atoms with Gasteiger partial charge in [0.05, 0.1) is 25.7 Å². The molecule has 0 aromatic heterocycles. The molecule has 0 aliphatic carbocycles. The normalized spacial score (nSPS) is 20.2. The predicted octanol–water partition coefficient (Wildman–Crippen LogP) is 0.485. The van der Waals surface area contributed by atoms with E-state index in [2.05, 4.69) is 6.58 Å². The van der Waals surface area contributed by atoms with Crippen molar-refractivity contribution in [2.24, 2.45) is 0 Å². The fourth-order valence-electron chi connectivity index (χ4n) is 1.42. The minimum absolute atomic E-state index is 0.106. The zero-order valence-corrected chi connectivity index (χ0v) is 8.92. The third kappa shape index (κ3) is 3.90. The molecular weight excluding hydrogens is 214 g/mol. The van der Waals surface area contributed by atoms with Gasteiger partial charge in [0.1, 0.15) is 6.61 Å². The molecule has 1 atom stereocenters. The molecule has 0 aromatic carbocycles. The highest BCUT2D eigenvalue weighted by Crippen LogP contribution is 2.09. The molecule has 90 valence electrons. The van der Waals surface area contributed by atoms with E-state index < -0.39 is 18.2 Å². The van der Waals surface area contributed by atoms with Crippen molar-refractivity contribution in [1.29, 1.82) is 0 Å². The van der Waals surface area contributed by atoms with Crippen molar-refractivity contribution in [1.82, 2.24) is 4.90 Å². The van der Waals surface area contributed by atoms with Crippen molar-refractivity contribution in [3.63, 3.8) is 0 Å². The fraction of sp³-hybridized carbons (Fsp3) is 0.600. The molecule has 0 bridgehead atoms. The molecule has 6 heteroatoms. The molecule has 1 rings (SSSR count). The molecule has 1 saturated heterocycles. The molecule has 1 amide bonds. The van der Waals surface area contributed by atoms with Crippen LogP contribution in [0.15, 0.2) is 12.7 Å². The quantitative estimate of drug-likeness (QED) is 0.710. The van der Waals surface area contributed by atoms with E-state index in [0.29, 0.717) is 13.2 Å². The number of ether oxygens (including phenoxy) is 2. The molecular formula is C10H15NO5. The molecule has 0 spiro atoms. The van der Waals surface area contributed by atoms with Crippen LogP contribution in [0.1, 0.15) is 6.42 Å². The molecule has 6 nitrogen and oxygen atoms in total. The van der Waals surface area contributed by atoms with E-state index in [1.54, 1.807) is 0 Å². The lowest BCUT2D eigenvalue weighted by Crippen LogP contribution is -2.46. The minimum atomic E-state index is -0.939. The van der Waals surface area contributed by atoms with Crippen molar-refractivity contribution in [3.05, 3.63) is 12.7 Å². The van der Waals surface area contributed by atoms with Gasteiger partial charge < -0.3 is 19.5 Å². The number of carboxylic acid groups (broad SMARTS) is 1. The van der Waals surface area contributed by atoms with Gasteiger partial charge in [0, 0.05) is 6.54 Å². The smallest absolute Gasteiger partial charge is 0.410 e. The van der Waals surface area contributed by atoms with Gasteiger partial charge in [-0.05, 0) is 0 Å². The second kappa shape index (κ2) is 6.12. The number of morpholine rings is 1. The minimum Gasteiger partial charge on any atom is -0.481 e. The van der Waals surface area contributed by atoms with Crippen molar-refractivity contribution < 1.29 is 24.2 Å². The highest BCUT2D eigenvalue weighted by molar-refractivity contribution is 5.69. The summed E-state index contributed by atoms with van der Waals surface area (Å²) >= 11 is 0. The highest BCUT2D eigenvalue weighted by atomic mass is 16.6. The number of carboxylic acids is 1. The second-order valence-corrected chi connectivity index (χ2v) is 3.40. The summed E-state index contributed by atoms with van der Waals surface area (Å²) in [6, 6.07) is 0. The van der Waals surface area contributed by atoms with Crippen LogP contribution < -0.4 is 0 Å². The van der Waals surface area contributed by atoms with Crippen LogP contribution >= 0.6 is 0 Å². The van der Waals surface area contributed by atoms with E-state index in [0.717, 1.165) is 0 Å². The molecule has 0 radical (unpaired) electrons. The first-order valence-corrected chi connectivity index (χ1v) is 4.99. The van der Waals surface area contributed by atoms with Gasteiger partial charge in [0.15, 0.2) is 0 Å². The van der Waals surface area contributed by atoms with Gasteiger partial charge in [0.2, 0.25) is 0 Å². The number of hydrogen-bond donors (Lipinski definition) is 1. The number of carbonyl (C=O) groups is 2. The third-order valence-electron chi connectivity index (χ3n) is 2.12. The first kappa shape index (κ1) is 12.5. The Bertz CT molecular complexity index is 278. The Morgan fingerprint density at radius 2 is 2.38 bits per heavy atom. The van der Waals surface area contributed by atoms with Crippen LogP contribution in [0.5, 0.6) is 0 Å². The van der Waals surface area contributed by atoms with Crippen LogP contribution in [0.2, 0.25) is 0 Å². The Labute approximate surface area is 93.4 Å². The van der Waals surface area contributed by atoms with Crippen LogP contribution in [0.4, 0.5) is 4.79 Å². The lowest BCUT2D eigenvalue weighted by molar-refractivity contribution is -0.141. The summed E-state index contributed by atoms with van der Waals surface area (Å²) in [5.74, 6) is -0.939. The van der Waals surface area contributed by atoms with Crippen LogP contribution in [0.25, 0.3) is 0 Å². The number of rotatable bonds is 4. The van der Waals surface area contributed by atoms with Crippen molar-refractivity contribution in [3.8, 4) is 0 Å². The Hall–Kier alpha value is -1.56. The van der Waals surface area contributed by atoms with Crippen LogP contribution in [0.3, 0.4) is 0 Å². The second-order valence-electron chi connectivity index (χ2n) is 3.40. The maximum Gasteiger partial charge on any atom is 0.410 e. The number of carbonyl (C=O) groups excluding carboxylic acids is 1. The topological polar surface area (TPSA) is 76.1 Å². The third-order valence-corrected chi connectivity index (χ3v) is 2.12. The molecule has 1 heterocycles. The lowest BCUT2D eigenvalue weighted by atomic mass is 10.2. The summed E-state index contributed by atoms with van der Waals surface area (Å²) in [6.45, 7) is 4.60. The van der Waals surface area contributed by atoms with Crippen molar-refractivity contribution in [2.45, 2.75) is 12.5 Å². The lowest BCUT2D eigenvalue weighted by Gasteiger charge is -2.31. The fourth-order valence-corrected chi connectivity index (χ4v) is 1.42. The molecule has 16 heavy (non-hydrogen) atoms. The summed E-state index contributed by atoms with van der Waals surface area (Å²) in [4.78, 5) is 23.4. The molecule has 1 fully saturated rings.